The summed E-state index contributed by atoms with van der Waals surface area (Å²) in [4.78, 5) is 0. The summed E-state index contributed by atoms with van der Waals surface area (Å²) < 4.78 is 17.5. The van der Waals surface area contributed by atoms with E-state index in [0.717, 1.165) is 46.5 Å². The lowest BCUT2D eigenvalue weighted by molar-refractivity contribution is 0.307. The van der Waals surface area contributed by atoms with Crippen LogP contribution in [0.2, 0.25) is 0 Å². The maximum absolute atomic E-state index is 6.44. The first-order valence-electron chi connectivity index (χ1n) is 12.2. The van der Waals surface area contributed by atoms with E-state index in [2.05, 4.69) is 56.5 Å². The van der Waals surface area contributed by atoms with Crippen molar-refractivity contribution in [3.8, 4) is 11.5 Å². The summed E-state index contributed by atoms with van der Waals surface area (Å²) in [5, 5.41) is 6.66. The van der Waals surface area contributed by atoms with Crippen molar-refractivity contribution in [2.75, 3.05) is 13.2 Å². The van der Waals surface area contributed by atoms with Gasteiger partial charge in [-0.3, -0.25) is 0 Å². The van der Waals surface area contributed by atoms with Crippen LogP contribution < -0.4 is 9.47 Å². The molecule has 3 rings (SSSR count). The van der Waals surface area contributed by atoms with Gasteiger partial charge in [0.25, 0.3) is 0 Å². The molecule has 0 fully saturated rings. The fourth-order valence-electron chi connectivity index (χ4n) is 4.05. The molecule has 0 atom stereocenters. The summed E-state index contributed by atoms with van der Waals surface area (Å²) in [7, 11) is 0. The molecule has 2 heterocycles. The molecule has 0 unspecified atom stereocenters. The Morgan fingerprint density at radius 3 is 1.38 bits per heavy atom. The third-order valence-corrected chi connectivity index (χ3v) is 9.66. The number of halogens is 2. The van der Waals surface area contributed by atoms with Gasteiger partial charge in [-0.1, -0.05) is 78.1 Å². The molecule has 32 heavy (non-hydrogen) atoms. The number of benzene rings is 1. The number of thiophene rings is 2. The van der Waals surface area contributed by atoms with Crippen molar-refractivity contribution in [2.24, 2.45) is 0 Å². The number of unbranched alkanes of at least 4 members (excludes halogenated alkanes) is 10. The second kappa shape index (κ2) is 14.2. The fourth-order valence-corrected chi connectivity index (χ4v) is 7.48. The van der Waals surface area contributed by atoms with Crippen molar-refractivity contribution in [3.05, 3.63) is 19.7 Å². The topological polar surface area (TPSA) is 18.5 Å². The van der Waals surface area contributed by atoms with Crippen LogP contribution in [0, 0.1) is 0 Å². The maximum atomic E-state index is 6.44. The number of fused-ring (bicyclic) bond motifs is 2. The van der Waals surface area contributed by atoms with Crippen LogP contribution >= 0.6 is 54.5 Å². The highest BCUT2D eigenvalue weighted by Gasteiger charge is 2.23. The number of rotatable bonds is 16. The van der Waals surface area contributed by atoms with Gasteiger partial charge in [0.15, 0.2) is 0 Å². The van der Waals surface area contributed by atoms with E-state index in [0.29, 0.717) is 0 Å². The van der Waals surface area contributed by atoms with Gasteiger partial charge in [0, 0.05) is 19.7 Å². The Labute approximate surface area is 218 Å². The molecule has 0 bridgehead atoms. The molecule has 0 N–H and O–H groups in total. The Morgan fingerprint density at radius 2 is 0.969 bits per heavy atom. The van der Waals surface area contributed by atoms with Gasteiger partial charge in [-0.2, -0.15) is 0 Å². The third-order valence-electron chi connectivity index (χ3n) is 5.85. The molecule has 0 spiro atoms. The molecule has 2 aromatic heterocycles. The van der Waals surface area contributed by atoms with Crippen LogP contribution in [0.4, 0.5) is 0 Å². The maximum Gasteiger partial charge on any atom is 0.147 e. The molecule has 0 aliphatic heterocycles. The Bertz CT molecular complexity index is 886. The molecule has 0 radical (unpaired) electrons. The standard InChI is InChI=1S/C26H36Br2O2S2/c1-3-5-7-9-11-13-15-29-23-21-19(27)17-32-26(21)24(22-20(28)18-31-25(22)23)30-16-14-12-10-8-6-4-2/h17-18H,3-16H2,1-2H3. The Balaban J connectivity index is 1.73. The summed E-state index contributed by atoms with van der Waals surface area (Å²) >= 11 is 11.0. The van der Waals surface area contributed by atoms with E-state index in [4.69, 9.17) is 9.47 Å². The summed E-state index contributed by atoms with van der Waals surface area (Å²) in [6.07, 6.45) is 15.2. The largest absolute Gasteiger partial charge is 0.491 e. The minimum atomic E-state index is 0.770. The van der Waals surface area contributed by atoms with Crippen LogP contribution in [0.25, 0.3) is 20.2 Å². The van der Waals surface area contributed by atoms with Crippen LogP contribution in [-0.4, -0.2) is 13.2 Å². The zero-order chi connectivity index (χ0) is 22.8. The predicted molar refractivity (Wildman–Crippen MR) is 150 cm³/mol. The molecule has 0 saturated carbocycles. The van der Waals surface area contributed by atoms with E-state index < -0.39 is 0 Å². The predicted octanol–water partition coefficient (Wildman–Crippen LogP) is 11.1. The Hall–Kier alpha value is -0.300. The summed E-state index contributed by atoms with van der Waals surface area (Å²) in [6.45, 7) is 6.06. The lowest BCUT2D eigenvalue weighted by Gasteiger charge is -2.14. The van der Waals surface area contributed by atoms with E-state index in [-0.39, 0.29) is 0 Å². The zero-order valence-electron chi connectivity index (χ0n) is 19.4. The Kier molecular flexibility index (Phi) is 11.7. The van der Waals surface area contributed by atoms with Gasteiger partial charge in [0.1, 0.15) is 11.5 Å². The Morgan fingerprint density at radius 1 is 0.594 bits per heavy atom. The molecule has 0 aliphatic carbocycles. The summed E-state index contributed by atoms with van der Waals surface area (Å²) in [6, 6.07) is 0. The van der Waals surface area contributed by atoms with Crippen LogP contribution in [0.5, 0.6) is 11.5 Å². The SMILES string of the molecule is CCCCCCCCOc1c2scc(Br)c2c(OCCCCCCCC)c2scc(Br)c12. The van der Waals surface area contributed by atoms with Crippen molar-refractivity contribution < 1.29 is 9.47 Å². The smallest absolute Gasteiger partial charge is 0.147 e. The van der Waals surface area contributed by atoms with Gasteiger partial charge in [0.2, 0.25) is 0 Å². The van der Waals surface area contributed by atoms with E-state index in [1.165, 1.54) is 84.4 Å². The van der Waals surface area contributed by atoms with E-state index >= 15 is 0 Å². The lowest BCUT2D eigenvalue weighted by atomic mass is 10.1. The lowest BCUT2D eigenvalue weighted by Crippen LogP contribution is -2.01. The van der Waals surface area contributed by atoms with Crippen molar-refractivity contribution in [2.45, 2.75) is 90.9 Å². The van der Waals surface area contributed by atoms with Crippen molar-refractivity contribution in [3.63, 3.8) is 0 Å². The molecule has 2 nitrogen and oxygen atoms in total. The average Bonchev–Trinajstić information content (AvgIpc) is 3.37. The first-order chi connectivity index (χ1) is 15.7. The summed E-state index contributed by atoms with van der Waals surface area (Å²) in [5.74, 6) is 2.03. The highest BCUT2D eigenvalue weighted by Crippen LogP contribution is 2.52. The fraction of sp³-hybridized carbons (Fsp3) is 0.615. The number of ether oxygens (including phenoxy) is 2. The van der Waals surface area contributed by atoms with Gasteiger partial charge in [-0.05, 0) is 44.7 Å². The molecule has 0 amide bonds. The highest BCUT2D eigenvalue weighted by atomic mass is 79.9. The van der Waals surface area contributed by atoms with Crippen molar-refractivity contribution in [1.29, 1.82) is 0 Å². The van der Waals surface area contributed by atoms with E-state index in [1.807, 2.05) is 0 Å². The van der Waals surface area contributed by atoms with Crippen LogP contribution in [0.1, 0.15) is 90.9 Å². The van der Waals surface area contributed by atoms with Gasteiger partial charge in [-0.15, -0.1) is 22.7 Å². The number of hydrogen-bond acceptors (Lipinski definition) is 4. The monoisotopic (exact) mass is 602 g/mol. The van der Waals surface area contributed by atoms with Crippen LogP contribution in [0.15, 0.2) is 19.7 Å². The molecule has 0 aliphatic rings. The zero-order valence-corrected chi connectivity index (χ0v) is 24.2. The van der Waals surface area contributed by atoms with Gasteiger partial charge < -0.3 is 9.47 Å². The van der Waals surface area contributed by atoms with Crippen LogP contribution in [0.3, 0.4) is 0 Å². The van der Waals surface area contributed by atoms with Crippen LogP contribution in [-0.2, 0) is 0 Å². The quantitative estimate of drug-likeness (QED) is 0.152. The molecule has 0 saturated heterocycles. The van der Waals surface area contributed by atoms with Gasteiger partial charge in [-0.25, -0.2) is 0 Å². The number of hydrogen-bond donors (Lipinski definition) is 0. The van der Waals surface area contributed by atoms with Crippen molar-refractivity contribution in [1.82, 2.24) is 0 Å². The van der Waals surface area contributed by atoms with Gasteiger partial charge in [0.05, 0.1) is 33.4 Å². The van der Waals surface area contributed by atoms with E-state index in [9.17, 15) is 0 Å². The van der Waals surface area contributed by atoms with Gasteiger partial charge >= 0.3 is 0 Å². The minimum Gasteiger partial charge on any atom is -0.491 e. The third kappa shape index (κ3) is 6.86. The molecule has 3 aromatic rings. The molecule has 178 valence electrons. The first kappa shape index (κ1) is 26.3. The summed E-state index contributed by atoms with van der Waals surface area (Å²) in [5.41, 5.74) is 0. The second-order valence-corrected chi connectivity index (χ2v) is 11.9. The minimum absolute atomic E-state index is 0.770. The molecular weight excluding hydrogens is 568 g/mol. The molecule has 6 heteroatoms. The van der Waals surface area contributed by atoms with E-state index in [1.54, 1.807) is 22.7 Å². The second-order valence-electron chi connectivity index (χ2n) is 8.47. The highest BCUT2D eigenvalue weighted by molar-refractivity contribution is 9.11. The average molecular weight is 605 g/mol. The molecular formula is C26H36Br2O2S2. The van der Waals surface area contributed by atoms with Crippen molar-refractivity contribution >= 4 is 74.7 Å². The first-order valence-corrected chi connectivity index (χ1v) is 15.6. The normalized spacial score (nSPS) is 11.6. The molecule has 1 aromatic carbocycles.